The highest BCUT2D eigenvalue weighted by Gasteiger charge is 2.34. The molecule has 190 valence electrons. The highest BCUT2D eigenvalue weighted by molar-refractivity contribution is 5.59. The van der Waals surface area contributed by atoms with Crippen LogP contribution in [0.3, 0.4) is 0 Å². The highest BCUT2D eigenvalue weighted by Crippen LogP contribution is 2.49. The average molecular weight is 457 g/mol. The maximum atomic E-state index is 3.40. The molecule has 1 N–H and O–H groups in total. The fourth-order valence-electron chi connectivity index (χ4n) is 5.64. The third-order valence-corrected chi connectivity index (χ3v) is 8.18. The monoisotopic (exact) mass is 456 g/mol. The first-order chi connectivity index (χ1) is 15.7. The topological polar surface area (TPSA) is 15.3 Å². The number of hydrogen-bond acceptors (Lipinski definition) is 2. The van der Waals surface area contributed by atoms with E-state index < -0.39 is 0 Å². The van der Waals surface area contributed by atoms with Crippen LogP contribution >= 0.6 is 0 Å². The fraction of sp³-hybridized carbons (Fsp3) is 0.742. The summed E-state index contributed by atoms with van der Waals surface area (Å²) >= 11 is 0. The first-order valence-electron chi connectivity index (χ1n) is 13.7. The van der Waals surface area contributed by atoms with Gasteiger partial charge in [-0.05, 0) is 98.4 Å². The van der Waals surface area contributed by atoms with E-state index in [-0.39, 0.29) is 0 Å². The quantitative estimate of drug-likeness (QED) is 0.335. The number of anilines is 1. The van der Waals surface area contributed by atoms with E-state index in [0.717, 1.165) is 25.4 Å². The fourth-order valence-corrected chi connectivity index (χ4v) is 5.64. The van der Waals surface area contributed by atoms with Crippen molar-refractivity contribution in [1.29, 1.82) is 0 Å². The lowest BCUT2D eigenvalue weighted by atomic mass is 9.66. The van der Waals surface area contributed by atoms with Gasteiger partial charge in [0.1, 0.15) is 0 Å². The Morgan fingerprint density at radius 3 is 2.12 bits per heavy atom. The number of hydrogen-bond donors (Lipinski definition) is 1. The summed E-state index contributed by atoms with van der Waals surface area (Å²) in [7, 11) is 2.08. The van der Waals surface area contributed by atoms with Crippen LogP contribution in [0.5, 0.6) is 0 Å². The molecule has 0 amide bonds. The van der Waals surface area contributed by atoms with Crippen molar-refractivity contribution in [2.75, 3.05) is 31.6 Å². The van der Waals surface area contributed by atoms with Crippen molar-refractivity contribution in [3.8, 4) is 0 Å². The van der Waals surface area contributed by atoms with Gasteiger partial charge in [0.2, 0.25) is 0 Å². The van der Waals surface area contributed by atoms with Gasteiger partial charge < -0.3 is 10.2 Å². The van der Waals surface area contributed by atoms with Crippen LogP contribution in [0.2, 0.25) is 0 Å². The van der Waals surface area contributed by atoms with Gasteiger partial charge in [0.15, 0.2) is 0 Å². The zero-order chi connectivity index (χ0) is 25.1. The lowest BCUT2D eigenvalue weighted by Gasteiger charge is -2.41. The van der Waals surface area contributed by atoms with Crippen molar-refractivity contribution in [2.24, 2.45) is 10.8 Å². The molecule has 1 aliphatic carbocycles. The van der Waals surface area contributed by atoms with Gasteiger partial charge in [0.25, 0.3) is 0 Å². The van der Waals surface area contributed by atoms with Crippen LogP contribution in [-0.2, 0) is 6.42 Å². The second-order valence-corrected chi connectivity index (χ2v) is 11.4. The summed E-state index contributed by atoms with van der Waals surface area (Å²) < 4.78 is 0. The van der Waals surface area contributed by atoms with Crippen LogP contribution in [0.25, 0.3) is 0 Å². The van der Waals surface area contributed by atoms with Crippen molar-refractivity contribution >= 4 is 5.69 Å². The molecule has 0 saturated heterocycles. The molecule has 0 radical (unpaired) electrons. The molecule has 2 nitrogen and oxygen atoms in total. The molecule has 1 fully saturated rings. The van der Waals surface area contributed by atoms with Crippen molar-refractivity contribution < 1.29 is 0 Å². The van der Waals surface area contributed by atoms with Crippen LogP contribution in [0, 0.1) is 17.8 Å². The predicted molar refractivity (Wildman–Crippen MR) is 151 cm³/mol. The smallest absolute Gasteiger partial charge is 0.0405 e. The third kappa shape index (κ3) is 8.78. The summed E-state index contributed by atoms with van der Waals surface area (Å²) in [6.45, 7) is 25.9. The number of nitrogens with one attached hydrogen (secondary N) is 1. The minimum Gasteiger partial charge on any atom is -0.370 e. The Kier molecular flexibility index (Phi) is 12.8. The maximum absolute atomic E-state index is 3.40. The lowest BCUT2D eigenvalue weighted by Crippen LogP contribution is -2.34. The summed E-state index contributed by atoms with van der Waals surface area (Å²) in [5.41, 5.74) is 7.21. The second-order valence-electron chi connectivity index (χ2n) is 11.4. The first-order valence-corrected chi connectivity index (χ1v) is 13.7. The summed E-state index contributed by atoms with van der Waals surface area (Å²) in [6.07, 6.45) is 11.9. The Labute approximate surface area is 207 Å². The van der Waals surface area contributed by atoms with Crippen LogP contribution in [0.4, 0.5) is 5.69 Å². The Morgan fingerprint density at radius 1 is 1.03 bits per heavy atom. The zero-order valence-electron chi connectivity index (χ0n) is 23.6. The molecule has 2 heteroatoms. The molecule has 1 aromatic rings. The third-order valence-electron chi connectivity index (χ3n) is 8.18. The number of benzene rings is 1. The van der Waals surface area contributed by atoms with E-state index in [1.54, 1.807) is 5.56 Å². The molecule has 0 spiro atoms. The molecule has 2 rings (SSSR count). The first kappa shape index (κ1) is 29.8. The molecule has 0 unspecified atom stereocenters. The van der Waals surface area contributed by atoms with Gasteiger partial charge in [-0.2, -0.15) is 0 Å². The van der Waals surface area contributed by atoms with Crippen LogP contribution < -0.4 is 10.2 Å². The molecule has 0 aliphatic heterocycles. The van der Waals surface area contributed by atoms with Gasteiger partial charge in [-0.25, -0.2) is 0 Å². The number of likely N-dealkylation sites (N-methyl/N-ethyl adjacent to an activating group) is 1. The molecule has 0 bridgehead atoms. The van der Waals surface area contributed by atoms with Crippen LogP contribution in [0.1, 0.15) is 116 Å². The molecule has 0 aromatic heterocycles. The van der Waals surface area contributed by atoms with Crippen molar-refractivity contribution in [3.05, 3.63) is 42.0 Å². The van der Waals surface area contributed by atoms with Crippen LogP contribution in [0.15, 0.2) is 25.3 Å². The van der Waals surface area contributed by atoms with Gasteiger partial charge >= 0.3 is 0 Å². The molecule has 0 heterocycles. The standard InChI is InChI=1S/C29H52N2.C2H4/c1-9-24-22-27(31(20-18-30-8)19-12-15-28(5,6)7)26(21-23(24)4)25-13-16-29(10-2,11-3)17-14-25;1-2/h21-22,25,30H,9-20H2,1-8H3;1-2H2. The molecule has 0 atom stereocenters. The van der Waals surface area contributed by atoms with E-state index in [1.165, 1.54) is 74.7 Å². The van der Waals surface area contributed by atoms with E-state index in [4.69, 9.17) is 0 Å². The Bertz CT molecular complexity index is 671. The number of nitrogens with zero attached hydrogens (tertiary/aromatic N) is 1. The van der Waals surface area contributed by atoms with E-state index in [2.05, 4.69) is 91.0 Å². The van der Waals surface area contributed by atoms with Crippen molar-refractivity contribution in [3.63, 3.8) is 0 Å². The Hall–Kier alpha value is -1.28. The SMILES string of the molecule is C=C.CCc1cc(N(CCCC(C)(C)C)CCNC)c(C2CCC(CC)(CC)CC2)cc1C. The maximum Gasteiger partial charge on any atom is 0.0405 e. The van der Waals surface area contributed by atoms with Gasteiger partial charge in [-0.1, -0.05) is 60.5 Å². The minimum absolute atomic E-state index is 0.409. The molecule has 1 aliphatic rings. The number of rotatable bonds is 11. The van der Waals surface area contributed by atoms with Crippen molar-refractivity contribution in [2.45, 2.75) is 112 Å². The van der Waals surface area contributed by atoms with E-state index in [9.17, 15) is 0 Å². The van der Waals surface area contributed by atoms with Gasteiger partial charge in [0, 0.05) is 25.3 Å². The largest absolute Gasteiger partial charge is 0.370 e. The zero-order valence-corrected chi connectivity index (χ0v) is 23.6. The normalized spacial score (nSPS) is 16.2. The predicted octanol–water partition coefficient (Wildman–Crippen LogP) is 8.68. The molecular weight excluding hydrogens is 400 g/mol. The summed E-state index contributed by atoms with van der Waals surface area (Å²) in [5.74, 6) is 0.727. The summed E-state index contributed by atoms with van der Waals surface area (Å²) in [6, 6.07) is 5.12. The summed E-state index contributed by atoms with van der Waals surface area (Å²) in [5, 5.41) is 3.40. The van der Waals surface area contributed by atoms with Gasteiger partial charge in [-0.3, -0.25) is 0 Å². The van der Waals surface area contributed by atoms with E-state index in [0.29, 0.717) is 10.8 Å². The highest BCUT2D eigenvalue weighted by atomic mass is 15.1. The second kappa shape index (κ2) is 14.2. The minimum atomic E-state index is 0.409. The van der Waals surface area contributed by atoms with Crippen molar-refractivity contribution in [1.82, 2.24) is 5.32 Å². The molecule has 1 saturated carbocycles. The average Bonchev–Trinajstić information content (AvgIpc) is 2.82. The van der Waals surface area contributed by atoms with E-state index in [1.807, 2.05) is 0 Å². The lowest BCUT2D eigenvalue weighted by molar-refractivity contribution is 0.159. The Balaban J connectivity index is 0.00000265. The number of aryl methyl sites for hydroxylation is 2. The molecular formula is C31H56N2. The van der Waals surface area contributed by atoms with Gasteiger partial charge in [0.05, 0.1) is 0 Å². The van der Waals surface area contributed by atoms with Crippen LogP contribution in [-0.4, -0.2) is 26.7 Å². The summed E-state index contributed by atoms with van der Waals surface area (Å²) in [4.78, 5) is 2.71. The van der Waals surface area contributed by atoms with Gasteiger partial charge in [-0.15, -0.1) is 13.2 Å². The Morgan fingerprint density at radius 2 is 1.64 bits per heavy atom. The van der Waals surface area contributed by atoms with E-state index >= 15 is 0 Å². The molecule has 1 aromatic carbocycles. The molecule has 33 heavy (non-hydrogen) atoms.